The molecule has 1 aromatic rings. The van der Waals surface area contributed by atoms with Gasteiger partial charge in [-0.25, -0.2) is 0 Å². The van der Waals surface area contributed by atoms with Crippen LogP contribution in [0.3, 0.4) is 0 Å². The number of hydrogen-bond acceptors (Lipinski definition) is 1. The maximum absolute atomic E-state index is 5.90. The molecule has 0 saturated heterocycles. The van der Waals surface area contributed by atoms with E-state index < -0.39 is 0 Å². The summed E-state index contributed by atoms with van der Waals surface area (Å²) in [4.78, 5) is 0. The van der Waals surface area contributed by atoms with Gasteiger partial charge in [-0.05, 0) is 37.5 Å². The van der Waals surface area contributed by atoms with Gasteiger partial charge in [0, 0.05) is 17.6 Å². The highest BCUT2D eigenvalue weighted by molar-refractivity contribution is 6.30. The minimum Gasteiger partial charge on any atom is -0.310 e. The summed E-state index contributed by atoms with van der Waals surface area (Å²) in [5.41, 5.74) is 1.23. The molecule has 1 atom stereocenters. The molecule has 0 aliphatic rings. The Labute approximate surface area is 97.1 Å². The highest BCUT2D eigenvalue weighted by Crippen LogP contribution is 2.10. The van der Waals surface area contributed by atoms with E-state index in [4.69, 9.17) is 11.6 Å². The largest absolute Gasteiger partial charge is 0.310 e. The average Bonchev–Trinajstić information content (AvgIpc) is 2.23. The SMILES string of the molecule is C=CCC[C@@H](C)NCc1cccc(Cl)c1. The van der Waals surface area contributed by atoms with Crippen molar-refractivity contribution in [1.82, 2.24) is 5.32 Å². The van der Waals surface area contributed by atoms with Crippen molar-refractivity contribution in [3.63, 3.8) is 0 Å². The molecule has 0 aromatic heterocycles. The standard InChI is InChI=1S/C13H18ClN/c1-3-4-6-11(2)15-10-12-7-5-8-13(14)9-12/h3,5,7-9,11,15H,1,4,6,10H2,2H3/t11-/m1/s1. The summed E-state index contributed by atoms with van der Waals surface area (Å²) >= 11 is 5.90. The van der Waals surface area contributed by atoms with Crippen molar-refractivity contribution < 1.29 is 0 Å². The second-order valence-corrected chi connectivity index (χ2v) is 4.21. The van der Waals surface area contributed by atoms with Crippen LogP contribution in [0.2, 0.25) is 5.02 Å². The molecule has 0 fully saturated rings. The van der Waals surface area contributed by atoms with Gasteiger partial charge in [-0.2, -0.15) is 0 Å². The van der Waals surface area contributed by atoms with Crippen molar-refractivity contribution in [2.45, 2.75) is 32.4 Å². The smallest absolute Gasteiger partial charge is 0.0409 e. The molecule has 0 bridgehead atoms. The lowest BCUT2D eigenvalue weighted by Gasteiger charge is -2.12. The first-order valence-electron chi connectivity index (χ1n) is 5.31. The summed E-state index contributed by atoms with van der Waals surface area (Å²) in [5, 5.41) is 4.25. The van der Waals surface area contributed by atoms with Gasteiger partial charge in [0.2, 0.25) is 0 Å². The van der Waals surface area contributed by atoms with Crippen molar-refractivity contribution in [3.8, 4) is 0 Å². The molecule has 0 saturated carbocycles. The third-order valence-corrected chi connectivity index (χ3v) is 2.58. The minimum absolute atomic E-state index is 0.516. The van der Waals surface area contributed by atoms with Crippen LogP contribution in [0.4, 0.5) is 0 Å². The molecule has 1 rings (SSSR count). The van der Waals surface area contributed by atoms with Gasteiger partial charge in [-0.1, -0.05) is 29.8 Å². The first kappa shape index (κ1) is 12.3. The minimum atomic E-state index is 0.516. The Kier molecular flexibility index (Phi) is 5.44. The Morgan fingerprint density at radius 2 is 2.33 bits per heavy atom. The Hall–Kier alpha value is -0.790. The van der Waals surface area contributed by atoms with E-state index in [1.165, 1.54) is 5.56 Å². The predicted molar refractivity (Wildman–Crippen MR) is 67.2 cm³/mol. The van der Waals surface area contributed by atoms with Crippen molar-refractivity contribution in [2.75, 3.05) is 0 Å². The van der Waals surface area contributed by atoms with Gasteiger partial charge in [-0.3, -0.25) is 0 Å². The van der Waals surface area contributed by atoms with E-state index in [2.05, 4.69) is 24.9 Å². The van der Waals surface area contributed by atoms with Gasteiger partial charge >= 0.3 is 0 Å². The topological polar surface area (TPSA) is 12.0 Å². The van der Waals surface area contributed by atoms with Gasteiger partial charge in [0.15, 0.2) is 0 Å². The van der Waals surface area contributed by atoms with E-state index in [1.54, 1.807) is 0 Å². The first-order valence-corrected chi connectivity index (χ1v) is 5.69. The number of nitrogens with one attached hydrogen (secondary N) is 1. The molecule has 0 radical (unpaired) electrons. The van der Waals surface area contributed by atoms with Gasteiger partial charge in [0.1, 0.15) is 0 Å². The van der Waals surface area contributed by atoms with Crippen LogP contribution in [0.5, 0.6) is 0 Å². The maximum Gasteiger partial charge on any atom is 0.0409 e. The second kappa shape index (κ2) is 6.65. The van der Waals surface area contributed by atoms with Crippen LogP contribution in [0.1, 0.15) is 25.3 Å². The summed E-state index contributed by atoms with van der Waals surface area (Å²) < 4.78 is 0. The molecule has 1 nitrogen and oxygen atoms in total. The molecule has 0 unspecified atom stereocenters. The summed E-state index contributed by atoms with van der Waals surface area (Å²) in [7, 11) is 0. The monoisotopic (exact) mass is 223 g/mol. The van der Waals surface area contributed by atoms with E-state index in [-0.39, 0.29) is 0 Å². The van der Waals surface area contributed by atoms with E-state index >= 15 is 0 Å². The molecule has 0 heterocycles. The Morgan fingerprint density at radius 1 is 1.53 bits per heavy atom. The van der Waals surface area contributed by atoms with E-state index in [0.29, 0.717) is 6.04 Å². The third kappa shape index (κ3) is 5.01. The lowest BCUT2D eigenvalue weighted by atomic mass is 10.1. The average molecular weight is 224 g/mol. The zero-order valence-corrected chi connectivity index (χ0v) is 9.93. The Morgan fingerprint density at radius 3 is 3.00 bits per heavy atom. The molecular formula is C13H18ClN. The lowest BCUT2D eigenvalue weighted by Crippen LogP contribution is -2.25. The second-order valence-electron chi connectivity index (χ2n) is 3.78. The van der Waals surface area contributed by atoms with Crippen LogP contribution >= 0.6 is 11.6 Å². The van der Waals surface area contributed by atoms with E-state index in [0.717, 1.165) is 24.4 Å². The van der Waals surface area contributed by atoms with Crippen LogP contribution in [0.15, 0.2) is 36.9 Å². The van der Waals surface area contributed by atoms with Crippen LogP contribution in [-0.4, -0.2) is 6.04 Å². The Balaban J connectivity index is 2.33. The number of rotatable bonds is 6. The number of benzene rings is 1. The molecule has 0 amide bonds. The van der Waals surface area contributed by atoms with Gasteiger partial charge in [0.25, 0.3) is 0 Å². The molecular weight excluding hydrogens is 206 g/mol. The third-order valence-electron chi connectivity index (χ3n) is 2.35. The highest BCUT2D eigenvalue weighted by Gasteiger charge is 2.00. The zero-order chi connectivity index (χ0) is 11.1. The van der Waals surface area contributed by atoms with Crippen molar-refractivity contribution in [3.05, 3.63) is 47.5 Å². The molecule has 2 heteroatoms. The summed E-state index contributed by atoms with van der Waals surface area (Å²) in [6.45, 7) is 6.78. The van der Waals surface area contributed by atoms with Crippen LogP contribution in [-0.2, 0) is 6.54 Å². The fourth-order valence-electron chi connectivity index (χ4n) is 1.41. The normalized spacial score (nSPS) is 12.4. The van der Waals surface area contributed by atoms with Crippen LogP contribution < -0.4 is 5.32 Å². The van der Waals surface area contributed by atoms with Crippen LogP contribution in [0.25, 0.3) is 0 Å². The zero-order valence-electron chi connectivity index (χ0n) is 9.17. The van der Waals surface area contributed by atoms with Gasteiger partial charge in [-0.15, -0.1) is 6.58 Å². The fourth-order valence-corrected chi connectivity index (χ4v) is 1.62. The molecule has 0 aliphatic carbocycles. The molecule has 1 aromatic carbocycles. The van der Waals surface area contributed by atoms with E-state index in [1.807, 2.05) is 24.3 Å². The van der Waals surface area contributed by atoms with Gasteiger partial charge in [0.05, 0.1) is 0 Å². The van der Waals surface area contributed by atoms with E-state index in [9.17, 15) is 0 Å². The fraction of sp³-hybridized carbons (Fsp3) is 0.385. The van der Waals surface area contributed by atoms with Crippen LogP contribution in [0, 0.1) is 0 Å². The maximum atomic E-state index is 5.90. The number of halogens is 1. The molecule has 15 heavy (non-hydrogen) atoms. The first-order chi connectivity index (χ1) is 7.22. The van der Waals surface area contributed by atoms with Crippen molar-refractivity contribution in [1.29, 1.82) is 0 Å². The number of allylic oxidation sites excluding steroid dienone is 1. The van der Waals surface area contributed by atoms with Gasteiger partial charge < -0.3 is 5.32 Å². The lowest BCUT2D eigenvalue weighted by molar-refractivity contribution is 0.518. The van der Waals surface area contributed by atoms with Crippen molar-refractivity contribution >= 4 is 11.6 Å². The molecule has 1 N–H and O–H groups in total. The highest BCUT2D eigenvalue weighted by atomic mass is 35.5. The summed E-state index contributed by atoms with van der Waals surface area (Å²) in [6.07, 6.45) is 4.14. The number of hydrogen-bond donors (Lipinski definition) is 1. The summed E-state index contributed by atoms with van der Waals surface area (Å²) in [5.74, 6) is 0. The molecule has 0 spiro atoms. The van der Waals surface area contributed by atoms with Crippen molar-refractivity contribution in [2.24, 2.45) is 0 Å². The quantitative estimate of drug-likeness (QED) is 0.724. The molecule has 0 aliphatic heterocycles. The summed E-state index contributed by atoms with van der Waals surface area (Å²) in [6, 6.07) is 8.47. The molecule has 82 valence electrons. The Bertz CT molecular complexity index is 309. The predicted octanol–water partition coefficient (Wildman–Crippen LogP) is 3.78.